The van der Waals surface area contributed by atoms with Crippen LogP contribution in [0.5, 0.6) is 0 Å². The molecule has 0 aliphatic carbocycles. The number of benzene rings is 2. The van der Waals surface area contributed by atoms with Gasteiger partial charge in [-0.05, 0) is 31.0 Å². The highest BCUT2D eigenvalue weighted by Crippen LogP contribution is 2.42. The van der Waals surface area contributed by atoms with Crippen molar-refractivity contribution < 1.29 is 13.5 Å². The average molecular weight is 439 g/mol. The lowest BCUT2D eigenvalue weighted by Crippen LogP contribution is -2.35. The molecule has 0 saturated heterocycles. The minimum atomic E-state index is -0.849. The number of methoxy groups -OCH3 is 1. The van der Waals surface area contributed by atoms with Crippen LogP contribution in [0.3, 0.4) is 0 Å². The molecule has 0 amide bonds. The lowest BCUT2D eigenvalue weighted by Gasteiger charge is -2.25. The van der Waals surface area contributed by atoms with Crippen molar-refractivity contribution in [3.8, 4) is 11.1 Å². The van der Waals surface area contributed by atoms with Crippen LogP contribution in [-0.2, 0) is 11.3 Å². The van der Waals surface area contributed by atoms with E-state index in [2.05, 4.69) is 4.98 Å². The van der Waals surface area contributed by atoms with E-state index < -0.39 is 22.9 Å². The summed E-state index contributed by atoms with van der Waals surface area (Å²) >= 11 is 7.33. The Morgan fingerprint density at radius 2 is 2.00 bits per heavy atom. The second-order valence-electron chi connectivity index (χ2n) is 6.90. The molecule has 9 heteroatoms. The molecule has 5 nitrogen and oxygen atoms in total. The molecular weight excluding hydrogens is 422 g/mol. The Balaban J connectivity index is 2.15. The van der Waals surface area contributed by atoms with Crippen LogP contribution in [0.2, 0.25) is 5.02 Å². The van der Waals surface area contributed by atoms with E-state index in [1.165, 1.54) is 22.4 Å². The summed E-state index contributed by atoms with van der Waals surface area (Å²) in [5, 5.41) is 0.130. The van der Waals surface area contributed by atoms with Gasteiger partial charge in [-0.2, -0.15) is 0 Å². The second-order valence-corrected chi connectivity index (χ2v) is 8.42. The first kappa shape index (κ1) is 20.1. The second kappa shape index (κ2) is 7.59. The van der Waals surface area contributed by atoms with Gasteiger partial charge in [0.1, 0.15) is 11.6 Å². The number of thioether (sulfide) groups is 1. The molecule has 0 spiro atoms. The number of H-pyrrole nitrogens is 1. The average Bonchev–Trinajstić information content (AvgIpc) is 2.65. The van der Waals surface area contributed by atoms with E-state index in [1.807, 2.05) is 0 Å². The van der Waals surface area contributed by atoms with Gasteiger partial charge < -0.3 is 4.74 Å². The fourth-order valence-electron chi connectivity index (χ4n) is 3.69. The number of rotatable bonds is 2. The highest BCUT2D eigenvalue weighted by atomic mass is 35.5. The van der Waals surface area contributed by atoms with Crippen molar-refractivity contribution in [2.75, 3.05) is 12.9 Å². The predicted octanol–water partition coefficient (Wildman–Crippen LogP) is 4.11. The van der Waals surface area contributed by atoms with Crippen LogP contribution in [0.4, 0.5) is 8.78 Å². The standard InChI is InChI=1S/C20H17ClF2N2O3S/c1-9-5-12-17-18(16(9)11-6-13(21)15(23)7-14(11)22)29-4-3-10(28-2)8-25(17)20(27)24-19(12)26/h5-7,10H,3-4,8H2,1-2H3,(H,24,26,27)/t10-/m1/s1. The molecule has 29 heavy (non-hydrogen) atoms. The van der Waals surface area contributed by atoms with Crippen LogP contribution in [-0.4, -0.2) is 28.5 Å². The molecule has 1 N–H and O–H groups in total. The summed E-state index contributed by atoms with van der Waals surface area (Å²) in [6.45, 7) is 2.00. The van der Waals surface area contributed by atoms with E-state index in [9.17, 15) is 18.4 Å². The van der Waals surface area contributed by atoms with Crippen LogP contribution in [0.25, 0.3) is 22.0 Å². The molecule has 1 aliphatic rings. The van der Waals surface area contributed by atoms with Gasteiger partial charge in [-0.25, -0.2) is 13.6 Å². The Morgan fingerprint density at radius 3 is 2.72 bits per heavy atom. The summed E-state index contributed by atoms with van der Waals surface area (Å²) in [7, 11) is 1.57. The maximum Gasteiger partial charge on any atom is 0.328 e. The van der Waals surface area contributed by atoms with Gasteiger partial charge in [-0.1, -0.05) is 11.6 Å². The van der Waals surface area contributed by atoms with Crippen LogP contribution < -0.4 is 11.2 Å². The highest BCUT2D eigenvalue weighted by Gasteiger charge is 2.25. The molecule has 0 fully saturated rings. The third-order valence-electron chi connectivity index (χ3n) is 5.12. The van der Waals surface area contributed by atoms with Crippen LogP contribution in [0.15, 0.2) is 32.7 Å². The molecule has 1 aromatic heterocycles. The third-order valence-corrected chi connectivity index (χ3v) is 6.53. The lowest BCUT2D eigenvalue weighted by molar-refractivity contribution is 0.0851. The van der Waals surface area contributed by atoms with Gasteiger partial charge in [0, 0.05) is 35.0 Å². The van der Waals surface area contributed by atoms with E-state index in [0.29, 0.717) is 39.1 Å². The lowest BCUT2D eigenvalue weighted by atomic mass is 9.97. The fourth-order valence-corrected chi connectivity index (χ4v) is 5.22. The summed E-state index contributed by atoms with van der Waals surface area (Å²) in [4.78, 5) is 28.0. The number of aryl methyl sites for hydroxylation is 1. The third kappa shape index (κ3) is 3.39. The Labute approximate surface area is 173 Å². The minimum Gasteiger partial charge on any atom is -0.380 e. The van der Waals surface area contributed by atoms with Gasteiger partial charge >= 0.3 is 5.69 Å². The van der Waals surface area contributed by atoms with Crippen LogP contribution >= 0.6 is 23.4 Å². The first-order chi connectivity index (χ1) is 13.8. The van der Waals surface area contributed by atoms with Crippen molar-refractivity contribution in [3.63, 3.8) is 0 Å². The topological polar surface area (TPSA) is 64.1 Å². The number of nitrogens with zero attached hydrogens (tertiary/aromatic N) is 1. The molecule has 1 aliphatic heterocycles. The van der Waals surface area contributed by atoms with Crippen molar-refractivity contribution in [2.45, 2.75) is 30.9 Å². The number of nitrogens with one attached hydrogen (secondary N) is 1. The zero-order chi connectivity index (χ0) is 20.9. The zero-order valence-electron chi connectivity index (χ0n) is 15.6. The molecule has 0 bridgehead atoms. The summed E-state index contributed by atoms with van der Waals surface area (Å²) in [6.07, 6.45) is 0.456. The Hall–Kier alpha value is -2.16. The maximum atomic E-state index is 14.7. The maximum absolute atomic E-state index is 14.7. The largest absolute Gasteiger partial charge is 0.380 e. The first-order valence-electron chi connectivity index (χ1n) is 8.92. The van der Waals surface area contributed by atoms with Gasteiger partial charge in [0.05, 0.1) is 28.6 Å². The highest BCUT2D eigenvalue weighted by molar-refractivity contribution is 7.99. The number of aromatic nitrogens is 2. The normalized spacial score (nSPS) is 16.7. The van der Waals surface area contributed by atoms with Crippen molar-refractivity contribution >= 4 is 34.3 Å². The molecule has 4 rings (SSSR count). The van der Waals surface area contributed by atoms with Gasteiger partial charge in [-0.3, -0.25) is 14.3 Å². The van der Waals surface area contributed by atoms with Gasteiger partial charge in [0.15, 0.2) is 0 Å². The number of hydrogen-bond acceptors (Lipinski definition) is 4. The minimum absolute atomic E-state index is 0.126. The number of aromatic amines is 1. The molecule has 2 aromatic carbocycles. The molecular formula is C20H17ClF2N2O3S. The summed E-state index contributed by atoms with van der Waals surface area (Å²) in [6, 6.07) is 3.60. The fraction of sp³-hybridized carbons (Fsp3) is 0.300. The quantitative estimate of drug-likeness (QED) is 0.612. The van der Waals surface area contributed by atoms with Gasteiger partial charge in [0.2, 0.25) is 0 Å². The summed E-state index contributed by atoms with van der Waals surface area (Å²) in [5.41, 5.74) is 0.607. The van der Waals surface area contributed by atoms with E-state index in [1.54, 1.807) is 20.1 Å². The van der Waals surface area contributed by atoms with E-state index in [-0.39, 0.29) is 23.2 Å². The van der Waals surface area contributed by atoms with E-state index in [0.717, 1.165) is 6.07 Å². The van der Waals surface area contributed by atoms with E-state index in [4.69, 9.17) is 16.3 Å². The molecule has 2 heterocycles. The van der Waals surface area contributed by atoms with Crippen LogP contribution in [0, 0.1) is 18.6 Å². The Bertz CT molecular complexity index is 1260. The van der Waals surface area contributed by atoms with Crippen molar-refractivity contribution in [2.24, 2.45) is 0 Å². The SMILES string of the molecule is CO[C@@H]1CCSc2c(-c3cc(Cl)c(F)cc3F)c(C)cc3c(=O)[nH]c(=O)n(c23)C1. The Morgan fingerprint density at radius 1 is 1.24 bits per heavy atom. The van der Waals surface area contributed by atoms with Crippen molar-refractivity contribution in [3.05, 3.63) is 61.3 Å². The Kier molecular flexibility index (Phi) is 5.27. The molecule has 1 atom stereocenters. The molecule has 3 aromatic rings. The zero-order valence-corrected chi connectivity index (χ0v) is 17.2. The number of hydrogen-bond donors (Lipinski definition) is 1. The molecule has 0 saturated carbocycles. The monoisotopic (exact) mass is 438 g/mol. The summed E-state index contributed by atoms with van der Waals surface area (Å²) < 4.78 is 35.4. The van der Waals surface area contributed by atoms with Crippen LogP contribution in [0.1, 0.15) is 12.0 Å². The molecule has 0 radical (unpaired) electrons. The summed E-state index contributed by atoms with van der Waals surface area (Å²) in [5.74, 6) is -0.971. The van der Waals surface area contributed by atoms with Crippen molar-refractivity contribution in [1.82, 2.24) is 9.55 Å². The smallest absolute Gasteiger partial charge is 0.328 e. The predicted molar refractivity (Wildman–Crippen MR) is 110 cm³/mol. The number of halogens is 3. The van der Waals surface area contributed by atoms with Gasteiger partial charge in [-0.15, -0.1) is 11.8 Å². The van der Waals surface area contributed by atoms with Gasteiger partial charge in [0.25, 0.3) is 5.56 Å². The molecule has 152 valence electrons. The molecule has 0 unspecified atom stereocenters. The number of ether oxygens (including phenoxy) is 1. The first-order valence-corrected chi connectivity index (χ1v) is 10.3. The van der Waals surface area contributed by atoms with E-state index >= 15 is 0 Å². The van der Waals surface area contributed by atoms with Crippen molar-refractivity contribution in [1.29, 1.82) is 0 Å².